The summed E-state index contributed by atoms with van der Waals surface area (Å²) in [5.41, 5.74) is 0.573. The van der Waals surface area contributed by atoms with Gasteiger partial charge in [0.25, 0.3) is 0 Å². The molecule has 0 aliphatic carbocycles. The SMILES string of the molecule is CC.CCCCCc1cc(Oc2ccccc2)cc(O)c1C(=O)O. The summed E-state index contributed by atoms with van der Waals surface area (Å²) in [4.78, 5) is 11.3. The van der Waals surface area contributed by atoms with Gasteiger partial charge in [-0.3, -0.25) is 0 Å². The van der Waals surface area contributed by atoms with Gasteiger partial charge in [0, 0.05) is 6.07 Å². The van der Waals surface area contributed by atoms with Crippen molar-refractivity contribution in [3.63, 3.8) is 0 Å². The van der Waals surface area contributed by atoms with Gasteiger partial charge in [0.2, 0.25) is 0 Å². The third-order valence-corrected chi connectivity index (χ3v) is 3.42. The van der Waals surface area contributed by atoms with E-state index in [0.717, 1.165) is 19.3 Å². The highest BCUT2D eigenvalue weighted by Crippen LogP contribution is 2.31. The van der Waals surface area contributed by atoms with Gasteiger partial charge in [-0.1, -0.05) is 51.8 Å². The fourth-order valence-corrected chi connectivity index (χ4v) is 2.35. The lowest BCUT2D eigenvalue weighted by molar-refractivity contribution is 0.0692. The summed E-state index contributed by atoms with van der Waals surface area (Å²) >= 11 is 0. The second kappa shape index (κ2) is 10.3. The molecule has 0 fully saturated rings. The molecule has 0 unspecified atom stereocenters. The van der Waals surface area contributed by atoms with Gasteiger partial charge in [0.05, 0.1) is 0 Å². The van der Waals surface area contributed by atoms with Crippen molar-refractivity contribution in [2.75, 3.05) is 0 Å². The highest BCUT2D eigenvalue weighted by molar-refractivity contribution is 5.93. The van der Waals surface area contributed by atoms with Crippen LogP contribution in [0, 0.1) is 0 Å². The Morgan fingerprint density at radius 1 is 1.04 bits per heavy atom. The van der Waals surface area contributed by atoms with Crippen LogP contribution in [0.5, 0.6) is 17.2 Å². The Balaban J connectivity index is 0.00000139. The molecule has 0 saturated carbocycles. The number of aromatic carboxylic acids is 1. The number of aromatic hydroxyl groups is 1. The largest absolute Gasteiger partial charge is 0.507 e. The predicted molar refractivity (Wildman–Crippen MR) is 96.2 cm³/mol. The number of benzene rings is 2. The summed E-state index contributed by atoms with van der Waals surface area (Å²) in [6, 6.07) is 12.2. The quantitative estimate of drug-likeness (QED) is 0.645. The van der Waals surface area contributed by atoms with Gasteiger partial charge in [0.1, 0.15) is 22.8 Å². The second-order valence-electron chi connectivity index (χ2n) is 5.15. The van der Waals surface area contributed by atoms with Crippen molar-refractivity contribution >= 4 is 5.97 Å². The van der Waals surface area contributed by atoms with Gasteiger partial charge >= 0.3 is 5.97 Å². The third kappa shape index (κ3) is 5.61. The molecule has 0 spiro atoms. The zero-order valence-corrected chi connectivity index (χ0v) is 14.6. The number of rotatable bonds is 7. The molecule has 0 bridgehead atoms. The van der Waals surface area contributed by atoms with Crippen LogP contribution in [-0.2, 0) is 6.42 Å². The average molecular weight is 330 g/mol. The Hall–Kier alpha value is -2.49. The number of carboxylic acid groups (broad SMARTS) is 1. The van der Waals surface area contributed by atoms with Crippen molar-refractivity contribution in [1.82, 2.24) is 0 Å². The fourth-order valence-electron chi connectivity index (χ4n) is 2.35. The summed E-state index contributed by atoms with van der Waals surface area (Å²) in [6.45, 7) is 6.09. The van der Waals surface area contributed by atoms with Crippen LogP contribution < -0.4 is 4.74 Å². The van der Waals surface area contributed by atoms with Gasteiger partial charge in [0.15, 0.2) is 0 Å². The first-order chi connectivity index (χ1) is 11.6. The molecule has 0 radical (unpaired) electrons. The lowest BCUT2D eigenvalue weighted by atomic mass is 10.00. The van der Waals surface area contributed by atoms with Crippen molar-refractivity contribution in [2.24, 2.45) is 0 Å². The Labute approximate surface area is 143 Å². The van der Waals surface area contributed by atoms with E-state index in [4.69, 9.17) is 4.74 Å². The number of hydrogen-bond acceptors (Lipinski definition) is 3. The first-order valence-corrected chi connectivity index (χ1v) is 8.44. The fraction of sp³-hybridized carbons (Fsp3) is 0.350. The van der Waals surface area contributed by atoms with Gasteiger partial charge in [-0.2, -0.15) is 0 Å². The Morgan fingerprint density at radius 3 is 2.29 bits per heavy atom. The molecule has 0 aliphatic rings. The molecule has 0 aliphatic heterocycles. The van der Waals surface area contributed by atoms with Crippen molar-refractivity contribution in [3.05, 3.63) is 53.6 Å². The minimum absolute atomic E-state index is 0.0310. The number of ether oxygens (including phenoxy) is 1. The lowest BCUT2D eigenvalue weighted by Gasteiger charge is -2.12. The summed E-state index contributed by atoms with van der Waals surface area (Å²) in [5, 5.41) is 19.3. The molecule has 2 rings (SSSR count). The van der Waals surface area contributed by atoms with Crippen LogP contribution in [0.2, 0.25) is 0 Å². The summed E-state index contributed by atoms with van der Waals surface area (Å²) in [7, 11) is 0. The number of carbonyl (C=O) groups is 1. The molecular formula is C20H26O4. The van der Waals surface area contributed by atoms with E-state index in [1.165, 1.54) is 6.07 Å². The van der Waals surface area contributed by atoms with Crippen LogP contribution in [-0.4, -0.2) is 16.2 Å². The van der Waals surface area contributed by atoms with E-state index in [1.807, 2.05) is 32.0 Å². The van der Waals surface area contributed by atoms with E-state index in [1.54, 1.807) is 18.2 Å². The van der Waals surface area contributed by atoms with E-state index in [0.29, 0.717) is 23.5 Å². The van der Waals surface area contributed by atoms with Gasteiger partial charge in [-0.25, -0.2) is 4.79 Å². The van der Waals surface area contributed by atoms with Crippen LogP contribution in [0.3, 0.4) is 0 Å². The highest BCUT2D eigenvalue weighted by atomic mass is 16.5. The Morgan fingerprint density at radius 2 is 1.71 bits per heavy atom. The molecule has 2 N–H and O–H groups in total. The molecule has 0 atom stereocenters. The normalized spacial score (nSPS) is 9.79. The first-order valence-electron chi connectivity index (χ1n) is 8.44. The number of para-hydroxylation sites is 1. The van der Waals surface area contributed by atoms with Gasteiger partial charge in [-0.15, -0.1) is 0 Å². The smallest absolute Gasteiger partial charge is 0.339 e. The van der Waals surface area contributed by atoms with Crippen LogP contribution in [0.25, 0.3) is 0 Å². The minimum atomic E-state index is -1.12. The summed E-state index contributed by atoms with van der Waals surface area (Å²) in [5.74, 6) is -0.285. The monoisotopic (exact) mass is 330 g/mol. The van der Waals surface area contributed by atoms with E-state index < -0.39 is 5.97 Å². The standard InChI is InChI=1S/C18H20O4.C2H6/c1-2-3-5-8-13-11-15(12-16(19)17(13)18(20)21)22-14-9-6-4-7-10-14;1-2/h4,6-7,9-12,19H,2-3,5,8H2,1H3,(H,20,21);1-2H3. The molecule has 4 nitrogen and oxygen atoms in total. The molecule has 2 aromatic rings. The number of phenols is 1. The Kier molecular flexibility index (Phi) is 8.41. The molecule has 130 valence electrons. The predicted octanol–water partition coefficient (Wildman–Crippen LogP) is 5.64. The minimum Gasteiger partial charge on any atom is -0.507 e. The highest BCUT2D eigenvalue weighted by Gasteiger charge is 2.17. The Bertz CT molecular complexity index is 636. The van der Waals surface area contributed by atoms with Crippen LogP contribution in [0.4, 0.5) is 0 Å². The summed E-state index contributed by atoms with van der Waals surface area (Å²) < 4.78 is 5.69. The van der Waals surface area contributed by atoms with Crippen molar-refractivity contribution in [1.29, 1.82) is 0 Å². The molecule has 24 heavy (non-hydrogen) atoms. The van der Waals surface area contributed by atoms with Crippen molar-refractivity contribution < 1.29 is 19.7 Å². The molecule has 0 saturated heterocycles. The van der Waals surface area contributed by atoms with Gasteiger partial charge in [-0.05, 0) is 36.6 Å². The van der Waals surface area contributed by atoms with Crippen molar-refractivity contribution in [2.45, 2.75) is 46.5 Å². The third-order valence-electron chi connectivity index (χ3n) is 3.42. The molecule has 0 amide bonds. The maximum absolute atomic E-state index is 11.3. The zero-order valence-electron chi connectivity index (χ0n) is 14.6. The van der Waals surface area contributed by atoms with E-state index in [9.17, 15) is 15.0 Å². The van der Waals surface area contributed by atoms with E-state index >= 15 is 0 Å². The summed E-state index contributed by atoms with van der Waals surface area (Å²) in [6.07, 6.45) is 3.55. The maximum atomic E-state index is 11.3. The van der Waals surface area contributed by atoms with E-state index in [2.05, 4.69) is 6.92 Å². The zero-order chi connectivity index (χ0) is 17.9. The first kappa shape index (κ1) is 19.6. The van der Waals surface area contributed by atoms with Crippen LogP contribution >= 0.6 is 0 Å². The number of hydrogen-bond donors (Lipinski definition) is 2. The van der Waals surface area contributed by atoms with Crippen molar-refractivity contribution in [3.8, 4) is 17.2 Å². The lowest BCUT2D eigenvalue weighted by Crippen LogP contribution is -2.04. The average Bonchev–Trinajstić information content (AvgIpc) is 2.57. The molecule has 0 aromatic heterocycles. The molecular weight excluding hydrogens is 304 g/mol. The molecule has 4 heteroatoms. The van der Waals surface area contributed by atoms with Crippen LogP contribution in [0.15, 0.2) is 42.5 Å². The van der Waals surface area contributed by atoms with Gasteiger partial charge < -0.3 is 14.9 Å². The molecule has 2 aromatic carbocycles. The number of unbranched alkanes of at least 4 members (excludes halogenated alkanes) is 2. The molecule has 0 heterocycles. The maximum Gasteiger partial charge on any atom is 0.339 e. The number of aryl methyl sites for hydroxylation is 1. The second-order valence-corrected chi connectivity index (χ2v) is 5.15. The topological polar surface area (TPSA) is 66.8 Å². The number of carboxylic acids is 1. The van der Waals surface area contributed by atoms with Crippen LogP contribution in [0.1, 0.15) is 56.0 Å². The van der Waals surface area contributed by atoms with E-state index in [-0.39, 0.29) is 11.3 Å².